The maximum absolute atomic E-state index is 13.4. The molecule has 0 N–H and O–H groups in total. The fourth-order valence-electron chi connectivity index (χ4n) is 3.06. The van der Waals surface area contributed by atoms with Crippen LogP contribution in [0.5, 0.6) is 0 Å². The van der Waals surface area contributed by atoms with Crippen molar-refractivity contribution in [2.45, 2.75) is 30.8 Å². The Kier molecular flexibility index (Phi) is 6.39. The fourth-order valence-corrected chi connectivity index (χ4v) is 4.61. The largest absolute Gasteiger partial charge is 0.302 e. The average molecular weight is 394 g/mol. The first-order valence-electron chi connectivity index (χ1n) is 9.12. The summed E-state index contributed by atoms with van der Waals surface area (Å²) in [5.74, 6) is 0. The lowest BCUT2D eigenvalue weighted by Gasteiger charge is -2.28. The van der Waals surface area contributed by atoms with Crippen molar-refractivity contribution in [2.75, 3.05) is 0 Å². The Morgan fingerprint density at radius 2 is 1.36 bits per heavy atom. The van der Waals surface area contributed by atoms with Gasteiger partial charge in [0.05, 0.1) is 10.9 Å². The van der Waals surface area contributed by atoms with Gasteiger partial charge in [-0.15, -0.1) is 0 Å². The predicted octanol–water partition coefficient (Wildman–Crippen LogP) is 4.00. The number of sulfonamides is 1. The van der Waals surface area contributed by atoms with E-state index < -0.39 is 16.1 Å². The highest BCUT2D eigenvalue weighted by Gasteiger charge is 2.31. The molecular weight excluding hydrogens is 370 g/mol. The fraction of sp³-hybridized carbons (Fsp3) is 0.174. The van der Waals surface area contributed by atoms with E-state index in [4.69, 9.17) is 0 Å². The molecule has 5 heteroatoms. The van der Waals surface area contributed by atoms with E-state index in [0.717, 1.165) is 23.0 Å². The zero-order valence-corrected chi connectivity index (χ0v) is 16.5. The van der Waals surface area contributed by atoms with E-state index in [-0.39, 0.29) is 11.4 Å². The normalized spacial score (nSPS) is 12.6. The molecule has 0 aliphatic rings. The van der Waals surface area contributed by atoms with Gasteiger partial charge in [0.2, 0.25) is 10.0 Å². The second kappa shape index (κ2) is 8.95. The number of carbonyl (C=O) groups is 1. The lowest BCUT2D eigenvalue weighted by Crippen LogP contribution is -2.42. The Morgan fingerprint density at radius 3 is 1.89 bits per heavy atom. The van der Waals surface area contributed by atoms with Gasteiger partial charge >= 0.3 is 0 Å². The van der Waals surface area contributed by atoms with E-state index in [1.54, 1.807) is 24.3 Å². The molecule has 3 aromatic carbocycles. The van der Waals surface area contributed by atoms with E-state index >= 15 is 0 Å². The van der Waals surface area contributed by atoms with Crippen molar-refractivity contribution in [3.8, 4) is 0 Å². The zero-order valence-electron chi connectivity index (χ0n) is 15.7. The number of hydrogen-bond acceptors (Lipinski definition) is 3. The molecule has 0 aliphatic carbocycles. The molecule has 0 aromatic heterocycles. The van der Waals surface area contributed by atoms with Crippen molar-refractivity contribution in [1.29, 1.82) is 0 Å². The molecular formula is C23H23NO3S. The summed E-state index contributed by atoms with van der Waals surface area (Å²) in [5.41, 5.74) is 2.72. The minimum atomic E-state index is -3.85. The summed E-state index contributed by atoms with van der Waals surface area (Å²) >= 11 is 0. The van der Waals surface area contributed by atoms with Crippen LogP contribution in [0.4, 0.5) is 0 Å². The Morgan fingerprint density at radius 1 is 0.821 bits per heavy atom. The Balaban J connectivity index is 2.00. The van der Waals surface area contributed by atoms with Crippen molar-refractivity contribution in [2.24, 2.45) is 0 Å². The summed E-state index contributed by atoms with van der Waals surface area (Å²) in [7, 11) is -3.85. The average Bonchev–Trinajstić information content (AvgIpc) is 2.72. The second-order valence-corrected chi connectivity index (χ2v) is 8.63. The lowest BCUT2D eigenvalue weighted by molar-refractivity contribution is -0.111. The summed E-state index contributed by atoms with van der Waals surface area (Å²) in [6.45, 7) is 2.04. The molecule has 28 heavy (non-hydrogen) atoms. The number of aldehydes is 1. The van der Waals surface area contributed by atoms with Crippen LogP contribution in [0.25, 0.3) is 0 Å². The highest BCUT2D eigenvalue weighted by atomic mass is 32.2. The van der Waals surface area contributed by atoms with Crippen LogP contribution >= 0.6 is 0 Å². The first-order chi connectivity index (χ1) is 13.5. The van der Waals surface area contributed by atoms with Crippen molar-refractivity contribution in [3.05, 3.63) is 102 Å². The lowest BCUT2D eigenvalue weighted by atomic mass is 10.1. The molecule has 4 nitrogen and oxygen atoms in total. The highest BCUT2D eigenvalue weighted by molar-refractivity contribution is 7.89. The van der Waals surface area contributed by atoms with Crippen LogP contribution < -0.4 is 0 Å². The summed E-state index contributed by atoms with van der Waals surface area (Å²) in [6, 6.07) is 24.7. The van der Waals surface area contributed by atoms with Crippen LogP contribution in [-0.4, -0.2) is 25.1 Å². The van der Waals surface area contributed by atoms with Gasteiger partial charge in [-0.2, -0.15) is 4.31 Å². The van der Waals surface area contributed by atoms with E-state index in [1.807, 2.05) is 67.6 Å². The molecule has 0 saturated carbocycles. The quantitative estimate of drug-likeness (QED) is 0.544. The molecule has 3 aromatic rings. The van der Waals surface area contributed by atoms with Gasteiger partial charge in [-0.3, -0.25) is 0 Å². The molecule has 0 saturated heterocycles. The van der Waals surface area contributed by atoms with Crippen molar-refractivity contribution >= 4 is 16.3 Å². The minimum absolute atomic E-state index is 0.132. The number of nitrogens with zero attached hydrogens (tertiary/aromatic N) is 1. The third-order valence-corrected chi connectivity index (χ3v) is 6.51. The van der Waals surface area contributed by atoms with Gasteiger partial charge in [0.1, 0.15) is 6.29 Å². The van der Waals surface area contributed by atoms with Crippen LogP contribution in [0, 0.1) is 6.92 Å². The van der Waals surface area contributed by atoms with Crippen LogP contribution in [-0.2, 0) is 27.8 Å². The van der Waals surface area contributed by atoms with Gasteiger partial charge in [-0.1, -0.05) is 78.4 Å². The molecule has 0 amide bonds. The van der Waals surface area contributed by atoms with Crippen molar-refractivity contribution < 1.29 is 13.2 Å². The van der Waals surface area contributed by atoms with Gasteiger partial charge in [0, 0.05) is 6.54 Å². The summed E-state index contributed by atoms with van der Waals surface area (Å²) < 4.78 is 28.1. The first kappa shape index (κ1) is 20.0. The minimum Gasteiger partial charge on any atom is -0.302 e. The second-order valence-electron chi connectivity index (χ2n) is 6.74. The van der Waals surface area contributed by atoms with E-state index in [2.05, 4.69) is 0 Å². The number of hydrogen-bond donors (Lipinski definition) is 0. The van der Waals surface area contributed by atoms with E-state index in [1.165, 1.54) is 4.31 Å². The van der Waals surface area contributed by atoms with E-state index in [9.17, 15) is 13.2 Å². The van der Waals surface area contributed by atoms with Gasteiger partial charge in [-0.05, 0) is 36.6 Å². The van der Waals surface area contributed by atoms with Crippen LogP contribution in [0.15, 0.2) is 89.8 Å². The van der Waals surface area contributed by atoms with Crippen LogP contribution in [0.3, 0.4) is 0 Å². The Bertz CT molecular complexity index is 1000. The van der Waals surface area contributed by atoms with Crippen LogP contribution in [0.1, 0.15) is 16.7 Å². The summed E-state index contributed by atoms with van der Waals surface area (Å²) in [4.78, 5) is 12.2. The Hall–Kier alpha value is -2.76. The van der Waals surface area contributed by atoms with Gasteiger partial charge in [-0.25, -0.2) is 8.42 Å². The molecule has 0 aliphatic heterocycles. The maximum atomic E-state index is 13.4. The predicted molar refractivity (Wildman–Crippen MR) is 110 cm³/mol. The summed E-state index contributed by atoms with van der Waals surface area (Å²) in [6.07, 6.45) is 1.05. The van der Waals surface area contributed by atoms with Crippen LogP contribution in [0.2, 0.25) is 0 Å². The molecule has 3 rings (SSSR count). The van der Waals surface area contributed by atoms with Gasteiger partial charge < -0.3 is 4.79 Å². The van der Waals surface area contributed by atoms with Crippen molar-refractivity contribution in [1.82, 2.24) is 4.31 Å². The maximum Gasteiger partial charge on any atom is 0.244 e. The topological polar surface area (TPSA) is 54.5 Å². The van der Waals surface area contributed by atoms with E-state index in [0.29, 0.717) is 6.42 Å². The number of carbonyl (C=O) groups excluding carboxylic acids is 1. The highest BCUT2D eigenvalue weighted by Crippen LogP contribution is 2.23. The third kappa shape index (κ3) is 4.74. The third-order valence-electron chi connectivity index (χ3n) is 4.62. The molecule has 1 atom stereocenters. The number of rotatable bonds is 8. The molecule has 0 unspecified atom stereocenters. The molecule has 144 valence electrons. The summed E-state index contributed by atoms with van der Waals surface area (Å²) in [5, 5.41) is 0. The molecule has 0 spiro atoms. The number of benzene rings is 3. The molecule has 0 bridgehead atoms. The smallest absolute Gasteiger partial charge is 0.244 e. The first-order valence-corrected chi connectivity index (χ1v) is 10.6. The van der Waals surface area contributed by atoms with Gasteiger partial charge in [0.25, 0.3) is 0 Å². The molecule has 0 fully saturated rings. The Labute approximate surface area is 166 Å². The standard InChI is InChI=1S/C23H23NO3S/c1-19-12-14-23(15-13-19)28(26,27)24(17-21-10-6-3-7-11-21)22(18-25)16-20-8-4-2-5-9-20/h2-15,18,22H,16-17H2,1H3/t22-/m0/s1. The SMILES string of the molecule is Cc1ccc(S(=O)(=O)N(Cc2ccccc2)[C@H](C=O)Cc2ccccc2)cc1. The van der Waals surface area contributed by atoms with Gasteiger partial charge in [0.15, 0.2) is 0 Å². The zero-order chi connectivity index (χ0) is 20.0. The number of aryl methyl sites for hydroxylation is 1. The molecule has 0 radical (unpaired) electrons. The molecule has 0 heterocycles. The monoisotopic (exact) mass is 393 g/mol. The van der Waals surface area contributed by atoms with Crippen molar-refractivity contribution in [3.63, 3.8) is 0 Å².